The lowest BCUT2D eigenvalue weighted by atomic mass is 10.3. The Kier molecular flexibility index (Phi) is 4.30. The highest BCUT2D eigenvalue weighted by molar-refractivity contribution is 7.92. The molecule has 4 rings (SSSR count). The van der Waals surface area contributed by atoms with Crippen molar-refractivity contribution in [1.29, 1.82) is 0 Å². The molecule has 0 saturated heterocycles. The Morgan fingerprint density at radius 2 is 1.85 bits per heavy atom. The molecule has 1 aromatic carbocycles. The van der Waals surface area contributed by atoms with Crippen molar-refractivity contribution in [2.45, 2.75) is 4.90 Å². The molecule has 0 saturated carbocycles. The summed E-state index contributed by atoms with van der Waals surface area (Å²) in [7, 11) is -3.74. The largest absolute Gasteiger partial charge is 0.439 e. The quantitative estimate of drug-likeness (QED) is 0.545. The molecular weight excluding hydrogens is 370 g/mol. The molecule has 136 valence electrons. The molecule has 0 aliphatic heterocycles. The van der Waals surface area contributed by atoms with Gasteiger partial charge < -0.3 is 13.8 Å². The maximum absolute atomic E-state index is 12.1. The molecule has 10 heteroatoms. The molecule has 0 amide bonds. The third-order valence-corrected chi connectivity index (χ3v) is 4.87. The lowest BCUT2D eigenvalue weighted by Crippen LogP contribution is -2.11. The highest BCUT2D eigenvalue weighted by Gasteiger charge is 2.16. The Hall–Kier alpha value is -3.66. The van der Waals surface area contributed by atoms with E-state index in [-0.39, 0.29) is 4.90 Å². The highest BCUT2D eigenvalue weighted by atomic mass is 32.2. The minimum absolute atomic E-state index is 0.0543. The Labute approximate surface area is 154 Å². The Morgan fingerprint density at radius 1 is 1.07 bits per heavy atom. The van der Waals surface area contributed by atoms with Gasteiger partial charge in [-0.05, 0) is 36.4 Å². The van der Waals surface area contributed by atoms with Crippen molar-refractivity contribution in [3.05, 3.63) is 73.6 Å². The smallest absolute Gasteiger partial charge is 0.266 e. The van der Waals surface area contributed by atoms with Crippen molar-refractivity contribution in [3.8, 4) is 17.4 Å². The van der Waals surface area contributed by atoms with Gasteiger partial charge in [0, 0.05) is 24.1 Å². The summed E-state index contributed by atoms with van der Waals surface area (Å²) in [6.07, 6.45) is 7.31. The molecule has 0 bridgehead atoms. The zero-order valence-corrected chi connectivity index (χ0v) is 14.6. The fraction of sp³-hybridized carbons (Fsp3) is 0. The first kappa shape index (κ1) is 16.8. The van der Waals surface area contributed by atoms with Crippen molar-refractivity contribution in [2.24, 2.45) is 0 Å². The zero-order valence-electron chi connectivity index (χ0n) is 13.8. The monoisotopic (exact) mass is 383 g/mol. The van der Waals surface area contributed by atoms with Gasteiger partial charge in [0.1, 0.15) is 29.1 Å². The van der Waals surface area contributed by atoms with E-state index >= 15 is 0 Å². The number of anilines is 1. The number of ether oxygens (including phenoxy) is 1. The van der Waals surface area contributed by atoms with Crippen molar-refractivity contribution >= 4 is 15.7 Å². The van der Waals surface area contributed by atoms with Crippen LogP contribution >= 0.6 is 0 Å². The van der Waals surface area contributed by atoms with Crippen LogP contribution in [0.25, 0.3) is 5.82 Å². The van der Waals surface area contributed by atoms with Crippen molar-refractivity contribution in [2.75, 3.05) is 4.72 Å². The topological polar surface area (TPSA) is 112 Å². The van der Waals surface area contributed by atoms with Crippen molar-refractivity contribution < 1.29 is 17.7 Å². The van der Waals surface area contributed by atoms with Crippen LogP contribution in [-0.4, -0.2) is 28.1 Å². The van der Waals surface area contributed by atoms with E-state index in [9.17, 15) is 8.42 Å². The van der Waals surface area contributed by atoms with E-state index in [1.165, 1.54) is 6.33 Å². The fourth-order valence-corrected chi connectivity index (χ4v) is 3.18. The summed E-state index contributed by atoms with van der Waals surface area (Å²) < 4.78 is 38.8. The maximum atomic E-state index is 12.1. The molecule has 0 spiro atoms. The second-order valence-corrected chi connectivity index (χ2v) is 7.08. The predicted octanol–water partition coefficient (Wildman–Crippen LogP) is 2.85. The summed E-state index contributed by atoms with van der Waals surface area (Å²) in [5, 5.41) is 3.39. The molecule has 9 nitrogen and oxygen atoms in total. The van der Waals surface area contributed by atoms with E-state index in [0.29, 0.717) is 23.1 Å². The summed E-state index contributed by atoms with van der Waals surface area (Å²) in [6, 6.07) is 11.9. The minimum atomic E-state index is -3.74. The van der Waals surface area contributed by atoms with Crippen molar-refractivity contribution in [1.82, 2.24) is 19.7 Å². The van der Waals surface area contributed by atoms with Gasteiger partial charge in [-0.25, -0.2) is 18.4 Å². The molecule has 3 heterocycles. The van der Waals surface area contributed by atoms with Gasteiger partial charge in [0.25, 0.3) is 10.0 Å². The van der Waals surface area contributed by atoms with E-state index in [4.69, 9.17) is 4.74 Å². The lowest BCUT2D eigenvalue weighted by molar-refractivity contribution is 0.417. The van der Waals surface area contributed by atoms with E-state index in [2.05, 4.69) is 24.4 Å². The van der Waals surface area contributed by atoms with Crippen LogP contribution in [0.2, 0.25) is 0 Å². The average molecular weight is 383 g/mol. The maximum Gasteiger partial charge on any atom is 0.266 e. The first-order chi connectivity index (χ1) is 13.1. The van der Waals surface area contributed by atoms with E-state index in [1.54, 1.807) is 30.3 Å². The van der Waals surface area contributed by atoms with Gasteiger partial charge in [0.05, 0.1) is 6.20 Å². The third kappa shape index (κ3) is 3.80. The second kappa shape index (κ2) is 6.92. The molecule has 1 N–H and O–H groups in total. The first-order valence-corrected chi connectivity index (χ1v) is 9.24. The minimum Gasteiger partial charge on any atom is -0.439 e. The van der Waals surface area contributed by atoms with E-state index in [0.717, 1.165) is 12.5 Å². The fourth-order valence-electron chi connectivity index (χ4n) is 2.27. The number of aromatic nitrogens is 4. The van der Waals surface area contributed by atoms with Crippen molar-refractivity contribution in [3.63, 3.8) is 0 Å². The summed E-state index contributed by atoms with van der Waals surface area (Å²) in [5.74, 6) is 1.54. The summed E-state index contributed by atoms with van der Waals surface area (Å²) in [4.78, 5) is 8.21. The molecular formula is C17H13N5O4S. The molecule has 0 radical (unpaired) electrons. The van der Waals surface area contributed by atoms with E-state index in [1.807, 2.05) is 29.1 Å². The van der Waals surface area contributed by atoms with E-state index < -0.39 is 10.0 Å². The molecule has 3 aromatic heterocycles. The van der Waals surface area contributed by atoms with Crippen LogP contribution in [0, 0.1) is 0 Å². The number of hydrogen-bond donors (Lipinski definition) is 1. The Morgan fingerprint density at radius 3 is 2.56 bits per heavy atom. The van der Waals surface area contributed by atoms with Gasteiger partial charge in [-0.15, -0.1) is 0 Å². The molecule has 0 aliphatic carbocycles. The standard InChI is InChI=1S/C17H13N5O4S/c23-27(24,15-10-20-25-11-15)21-13-3-5-14(6-4-13)26-17-9-16(18-12-19-17)22-7-1-2-8-22/h1-12,21H. The summed E-state index contributed by atoms with van der Waals surface area (Å²) in [5.41, 5.74) is 0.374. The summed E-state index contributed by atoms with van der Waals surface area (Å²) >= 11 is 0. The second-order valence-electron chi connectivity index (χ2n) is 5.40. The molecule has 0 fully saturated rings. The van der Waals surface area contributed by atoms with Crippen LogP contribution in [-0.2, 0) is 10.0 Å². The lowest BCUT2D eigenvalue weighted by Gasteiger charge is -2.09. The van der Waals surface area contributed by atoms with Gasteiger partial charge in [0.2, 0.25) is 5.88 Å². The number of nitrogens with zero attached hydrogens (tertiary/aromatic N) is 4. The summed E-state index contributed by atoms with van der Waals surface area (Å²) in [6.45, 7) is 0. The number of nitrogens with one attached hydrogen (secondary N) is 1. The Bertz CT molecular complexity index is 1120. The highest BCUT2D eigenvalue weighted by Crippen LogP contribution is 2.23. The van der Waals surface area contributed by atoms with Gasteiger partial charge in [-0.1, -0.05) is 5.16 Å². The predicted molar refractivity (Wildman–Crippen MR) is 95.2 cm³/mol. The molecule has 0 unspecified atom stereocenters. The number of hydrogen-bond acceptors (Lipinski definition) is 7. The van der Waals surface area contributed by atoms with Crippen LogP contribution in [0.4, 0.5) is 5.69 Å². The van der Waals surface area contributed by atoms with Crippen LogP contribution < -0.4 is 9.46 Å². The van der Waals surface area contributed by atoms with Crippen LogP contribution in [0.5, 0.6) is 11.6 Å². The first-order valence-electron chi connectivity index (χ1n) is 7.76. The van der Waals surface area contributed by atoms with Crippen LogP contribution in [0.15, 0.2) is 83.1 Å². The SMILES string of the molecule is O=S(=O)(Nc1ccc(Oc2cc(-n3cccc3)ncn2)cc1)c1cnoc1. The molecule has 27 heavy (non-hydrogen) atoms. The van der Waals surface area contributed by atoms with Gasteiger partial charge in [-0.2, -0.15) is 0 Å². The average Bonchev–Trinajstić information content (AvgIpc) is 3.38. The van der Waals surface area contributed by atoms with Crippen LogP contribution in [0.1, 0.15) is 0 Å². The molecule has 4 aromatic rings. The molecule has 0 atom stereocenters. The number of sulfonamides is 1. The normalized spacial score (nSPS) is 11.3. The Balaban J connectivity index is 1.48. The molecule has 0 aliphatic rings. The van der Waals surface area contributed by atoms with Gasteiger partial charge in [-0.3, -0.25) is 4.72 Å². The third-order valence-electron chi connectivity index (χ3n) is 3.55. The van der Waals surface area contributed by atoms with Gasteiger partial charge in [0.15, 0.2) is 0 Å². The number of rotatable bonds is 6. The van der Waals surface area contributed by atoms with Crippen LogP contribution in [0.3, 0.4) is 0 Å². The number of benzene rings is 1. The zero-order chi connectivity index (χ0) is 18.7. The van der Waals surface area contributed by atoms with Gasteiger partial charge >= 0.3 is 0 Å².